The summed E-state index contributed by atoms with van der Waals surface area (Å²) in [5.41, 5.74) is 7.70. The van der Waals surface area contributed by atoms with Crippen molar-refractivity contribution >= 4 is 12.4 Å². The fraction of sp³-hybridized carbons (Fsp3) is 0.455. The van der Waals surface area contributed by atoms with Gasteiger partial charge in [0, 0.05) is 11.6 Å². The molecule has 1 aromatic rings. The summed E-state index contributed by atoms with van der Waals surface area (Å²) in [6.07, 6.45) is 1.69. The number of aryl methyl sites for hydroxylation is 1. The van der Waals surface area contributed by atoms with Crippen molar-refractivity contribution in [3.05, 3.63) is 29.3 Å². The Balaban J connectivity index is 0.00000169. The van der Waals surface area contributed by atoms with E-state index in [2.05, 4.69) is 0 Å². The quantitative estimate of drug-likeness (QED) is 0.815. The summed E-state index contributed by atoms with van der Waals surface area (Å²) in [6, 6.07) is 5.72. The van der Waals surface area contributed by atoms with Crippen LogP contribution in [-0.4, -0.2) is 5.11 Å². The minimum atomic E-state index is -0.0495. The van der Waals surface area contributed by atoms with Gasteiger partial charge in [-0.05, 0) is 18.4 Å². The van der Waals surface area contributed by atoms with Gasteiger partial charge in [-0.2, -0.15) is 0 Å². The van der Waals surface area contributed by atoms with Gasteiger partial charge in [-0.25, -0.2) is 0 Å². The minimum absolute atomic E-state index is 0. The van der Waals surface area contributed by atoms with Gasteiger partial charge in [0.2, 0.25) is 0 Å². The maximum Gasteiger partial charge on any atom is 0.123 e. The van der Waals surface area contributed by atoms with Crippen LogP contribution in [0, 0.1) is 0 Å². The molecule has 14 heavy (non-hydrogen) atoms. The highest BCUT2D eigenvalue weighted by atomic mass is 35.5. The van der Waals surface area contributed by atoms with E-state index in [9.17, 15) is 5.11 Å². The van der Waals surface area contributed by atoms with Crippen molar-refractivity contribution in [2.24, 2.45) is 5.73 Å². The Morgan fingerprint density at radius 2 is 2.00 bits per heavy atom. The van der Waals surface area contributed by atoms with Gasteiger partial charge in [0.15, 0.2) is 0 Å². The number of para-hydroxylation sites is 1. The van der Waals surface area contributed by atoms with E-state index in [1.165, 1.54) is 0 Å². The molecule has 1 atom stereocenters. The molecule has 0 radical (unpaired) electrons. The number of hydrogen-bond donors (Lipinski definition) is 2. The standard InChI is InChI=1S/C11H17NO.ClH/c1-3-8-6-5-7-9(11(8)13)10(12)4-2;/h5-7,10,13H,3-4,12H2,1-2H3;1H/t10-;/m0./s1. The summed E-state index contributed by atoms with van der Waals surface area (Å²) >= 11 is 0. The molecular formula is C11H18ClNO. The second-order valence-electron chi connectivity index (χ2n) is 3.22. The van der Waals surface area contributed by atoms with Crippen LogP contribution in [0.1, 0.15) is 37.4 Å². The van der Waals surface area contributed by atoms with Crippen molar-refractivity contribution in [3.8, 4) is 5.75 Å². The van der Waals surface area contributed by atoms with E-state index >= 15 is 0 Å². The molecule has 1 rings (SSSR count). The van der Waals surface area contributed by atoms with Crippen LogP contribution in [0.5, 0.6) is 5.75 Å². The molecule has 0 amide bonds. The number of benzene rings is 1. The number of phenols is 1. The van der Waals surface area contributed by atoms with E-state index < -0.39 is 0 Å². The first kappa shape index (κ1) is 13.3. The first-order valence-corrected chi connectivity index (χ1v) is 4.77. The topological polar surface area (TPSA) is 46.2 Å². The van der Waals surface area contributed by atoms with Gasteiger partial charge in [0.25, 0.3) is 0 Å². The molecule has 3 N–H and O–H groups in total. The summed E-state index contributed by atoms with van der Waals surface area (Å²) in [5, 5.41) is 9.81. The Morgan fingerprint density at radius 3 is 2.50 bits per heavy atom. The zero-order chi connectivity index (χ0) is 9.84. The third-order valence-electron chi connectivity index (χ3n) is 2.37. The summed E-state index contributed by atoms with van der Waals surface area (Å²) in [6.45, 7) is 4.04. The number of hydrogen-bond acceptors (Lipinski definition) is 2. The van der Waals surface area contributed by atoms with Crippen LogP contribution >= 0.6 is 12.4 Å². The molecule has 3 heteroatoms. The predicted octanol–water partition coefficient (Wildman–Crippen LogP) is 2.79. The predicted molar refractivity (Wildman–Crippen MR) is 62.0 cm³/mol. The molecule has 0 fully saturated rings. The van der Waals surface area contributed by atoms with Crippen molar-refractivity contribution < 1.29 is 5.11 Å². The molecule has 0 aromatic heterocycles. The Morgan fingerprint density at radius 1 is 1.36 bits per heavy atom. The zero-order valence-electron chi connectivity index (χ0n) is 8.66. The van der Waals surface area contributed by atoms with E-state index in [4.69, 9.17) is 5.73 Å². The van der Waals surface area contributed by atoms with Crippen LogP contribution in [0.15, 0.2) is 18.2 Å². The second-order valence-corrected chi connectivity index (χ2v) is 3.22. The lowest BCUT2D eigenvalue weighted by Gasteiger charge is -2.13. The maximum atomic E-state index is 9.81. The summed E-state index contributed by atoms with van der Waals surface area (Å²) in [4.78, 5) is 0. The highest BCUT2D eigenvalue weighted by molar-refractivity contribution is 5.85. The van der Waals surface area contributed by atoms with E-state index in [1.54, 1.807) is 0 Å². The van der Waals surface area contributed by atoms with Gasteiger partial charge in [-0.3, -0.25) is 0 Å². The highest BCUT2D eigenvalue weighted by Crippen LogP contribution is 2.28. The fourth-order valence-electron chi connectivity index (χ4n) is 1.42. The molecule has 0 heterocycles. The lowest BCUT2D eigenvalue weighted by atomic mass is 10.00. The molecule has 0 aliphatic heterocycles. The van der Waals surface area contributed by atoms with Crippen LogP contribution in [0.4, 0.5) is 0 Å². The van der Waals surface area contributed by atoms with Gasteiger partial charge in [-0.1, -0.05) is 32.0 Å². The molecular weight excluding hydrogens is 198 g/mol. The van der Waals surface area contributed by atoms with E-state index in [-0.39, 0.29) is 18.4 Å². The summed E-state index contributed by atoms with van der Waals surface area (Å²) in [7, 11) is 0. The molecule has 0 saturated heterocycles. The number of nitrogens with two attached hydrogens (primary N) is 1. The van der Waals surface area contributed by atoms with Crippen LogP contribution in [0.2, 0.25) is 0 Å². The molecule has 0 aliphatic carbocycles. The van der Waals surface area contributed by atoms with E-state index in [0.29, 0.717) is 5.75 Å². The Kier molecular flexibility index (Phi) is 5.58. The average molecular weight is 216 g/mol. The average Bonchev–Trinajstić information content (AvgIpc) is 2.17. The SMILES string of the molecule is CCc1cccc([C@@H](N)CC)c1O.Cl. The van der Waals surface area contributed by atoms with Gasteiger partial charge in [0.1, 0.15) is 5.75 Å². The van der Waals surface area contributed by atoms with E-state index in [0.717, 1.165) is 24.0 Å². The molecule has 0 bridgehead atoms. The Labute approximate surface area is 91.5 Å². The first-order valence-electron chi connectivity index (χ1n) is 4.77. The summed E-state index contributed by atoms with van der Waals surface area (Å²) < 4.78 is 0. The van der Waals surface area contributed by atoms with Gasteiger partial charge >= 0.3 is 0 Å². The summed E-state index contributed by atoms with van der Waals surface area (Å²) in [5.74, 6) is 0.374. The van der Waals surface area contributed by atoms with Crippen molar-refractivity contribution in [1.29, 1.82) is 0 Å². The highest BCUT2D eigenvalue weighted by Gasteiger charge is 2.10. The van der Waals surface area contributed by atoms with Crippen molar-refractivity contribution in [1.82, 2.24) is 0 Å². The molecule has 0 spiro atoms. The maximum absolute atomic E-state index is 9.81. The molecule has 0 unspecified atom stereocenters. The monoisotopic (exact) mass is 215 g/mol. The molecule has 1 aromatic carbocycles. The lowest BCUT2D eigenvalue weighted by Crippen LogP contribution is -2.09. The lowest BCUT2D eigenvalue weighted by molar-refractivity contribution is 0.454. The number of phenolic OH excluding ortho intramolecular Hbond substituents is 1. The number of halogens is 1. The van der Waals surface area contributed by atoms with Gasteiger partial charge < -0.3 is 10.8 Å². The smallest absolute Gasteiger partial charge is 0.123 e. The second kappa shape index (κ2) is 5.89. The third-order valence-corrected chi connectivity index (χ3v) is 2.37. The van der Waals surface area contributed by atoms with Gasteiger partial charge in [-0.15, -0.1) is 12.4 Å². The number of aromatic hydroxyl groups is 1. The van der Waals surface area contributed by atoms with Crippen LogP contribution in [0.3, 0.4) is 0 Å². The van der Waals surface area contributed by atoms with E-state index in [1.807, 2.05) is 32.0 Å². The Bertz CT molecular complexity index is 289. The van der Waals surface area contributed by atoms with Gasteiger partial charge in [0.05, 0.1) is 0 Å². The van der Waals surface area contributed by atoms with Crippen molar-refractivity contribution in [3.63, 3.8) is 0 Å². The van der Waals surface area contributed by atoms with Crippen molar-refractivity contribution in [2.45, 2.75) is 32.7 Å². The zero-order valence-corrected chi connectivity index (χ0v) is 9.47. The van der Waals surface area contributed by atoms with Crippen molar-refractivity contribution in [2.75, 3.05) is 0 Å². The molecule has 0 saturated carbocycles. The first-order chi connectivity index (χ1) is 6.20. The van der Waals surface area contributed by atoms with Crippen LogP contribution in [-0.2, 0) is 6.42 Å². The molecule has 0 aliphatic rings. The molecule has 2 nitrogen and oxygen atoms in total. The third kappa shape index (κ3) is 2.63. The Hall–Kier alpha value is -0.730. The fourth-order valence-corrected chi connectivity index (χ4v) is 1.42. The van der Waals surface area contributed by atoms with Crippen LogP contribution < -0.4 is 5.73 Å². The normalized spacial score (nSPS) is 11.9. The largest absolute Gasteiger partial charge is 0.507 e. The number of rotatable bonds is 3. The van der Waals surface area contributed by atoms with Crippen LogP contribution in [0.25, 0.3) is 0 Å². The molecule has 80 valence electrons. The minimum Gasteiger partial charge on any atom is -0.507 e.